The lowest BCUT2D eigenvalue weighted by atomic mass is 10.1. The van der Waals surface area contributed by atoms with Gasteiger partial charge in [-0.1, -0.05) is 60.7 Å². The fraction of sp³-hybridized carbons (Fsp3) is 0.214. The minimum absolute atomic E-state index is 0.140. The Hall–Kier alpha value is -3.84. The summed E-state index contributed by atoms with van der Waals surface area (Å²) in [6, 6.07) is 26.1. The Bertz CT molecular complexity index is 1370. The third-order valence-corrected chi connectivity index (χ3v) is 6.38. The van der Waals surface area contributed by atoms with Crippen molar-refractivity contribution in [3.63, 3.8) is 0 Å². The summed E-state index contributed by atoms with van der Waals surface area (Å²) in [5.74, 6) is 1.35. The molecule has 0 amide bonds. The van der Waals surface area contributed by atoms with Crippen molar-refractivity contribution < 1.29 is 9.47 Å². The molecule has 2 N–H and O–H groups in total. The smallest absolute Gasteiger partial charge is 0.253 e. The van der Waals surface area contributed by atoms with Crippen LogP contribution >= 0.6 is 12.2 Å². The molecule has 1 aromatic heterocycles. The quantitative estimate of drug-likeness (QED) is 0.378. The van der Waals surface area contributed by atoms with E-state index in [4.69, 9.17) is 21.7 Å². The van der Waals surface area contributed by atoms with Gasteiger partial charge in [-0.15, -0.1) is 0 Å². The fourth-order valence-corrected chi connectivity index (χ4v) is 4.42. The molecule has 1 aliphatic heterocycles. The summed E-state index contributed by atoms with van der Waals surface area (Å²) in [5.41, 5.74) is 3.59. The highest BCUT2D eigenvalue weighted by Gasteiger charge is 2.17. The van der Waals surface area contributed by atoms with Gasteiger partial charge < -0.3 is 24.7 Å². The number of H-pyrrole nitrogens is 1. The van der Waals surface area contributed by atoms with Crippen LogP contribution in [0.15, 0.2) is 83.7 Å². The van der Waals surface area contributed by atoms with E-state index in [1.165, 1.54) is 5.56 Å². The number of benzene rings is 3. The topological polar surface area (TPSA) is 66.6 Å². The van der Waals surface area contributed by atoms with Crippen molar-refractivity contribution in [3.8, 4) is 11.5 Å². The molecular formula is C28H27N3O3S. The zero-order chi connectivity index (χ0) is 24.0. The molecular weight excluding hydrogens is 458 g/mol. The van der Waals surface area contributed by atoms with Crippen LogP contribution in [0, 0.1) is 0 Å². The summed E-state index contributed by atoms with van der Waals surface area (Å²) in [7, 11) is 0. The molecule has 0 atom stereocenters. The lowest BCUT2D eigenvalue weighted by Crippen LogP contribution is -2.40. The summed E-state index contributed by atoms with van der Waals surface area (Å²) in [5, 5.41) is 4.89. The molecule has 0 spiro atoms. The minimum atomic E-state index is -0.140. The maximum Gasteiger partial charge on any atom is 0.253 e. The van der Waals surface area contributed by atoms with E-state index < -0.39 is 0 Å². The predicted octanol–water partition coefficient (Wildman–Crippen LogP) is 4.42. The van der Waals surface area contributed by atoms with E-state index in [2.05, 4.69) is 34.6 Å². The second-order valence-corrected chi connectivity index (χ2v) is 8.90. The molecule has 3 aromatic carbocycles. The van der Waals surface area contributed by atoms with E-state index in [0.717, 1.165) is 22.9 Å². The molecule has 0 saturated carbocycles. The lowest BCUT2D eigenvalue weighted by molar-refractivity contribution is 0.172. The van der Waals surface area contributed by atoms with E-state index in [-0.39, 0.29) is 5.56 Å². The van der Waals surface area contributed by atoms with Crippen molar-refractivity contribution >= 4 is 28.2 Å². The molecule has 2 heterocycles. The summed E-state index contributed by atoms with van der Waals surface area (Å²) in [4.78, 5) is 18.0. The summed E-state index contributed by atoms with van der Waals surface area (Å²) in [6.07, 6.45) is 0.865. The highest BCUT2D eigenvalue weighted by Crippen LogP contribution is 2.33. The van der Waals surface area contributed by atoms with Gasteiger partial charge >= 0.3 is 0 Å². The Balaban J connectivity index is 1.37. The molecule has 35 heavy (non-hydrogen) atoms. The van der Waals surface area contributed by atoms with Crippen LogP contribution in [-0.4, -0.2) is 34.8 Å². The Morgan fingerprint density at radius 3 is 2.26 bits per heavy atom. The molecule has 7 heteroatoms. The lowest BCUT2D eigenvalue weighted by Gasteiger charge is -2.26. The molecule has 0 fully saturated rings. The number of aromatic nitrogens is 1. The normalized spacial score (nSPS) is 12.3. The van der Waals surface area contributed by atoms with Crippen LogP contribution in [0.5, 0.6) is 11.5 Å². The number of thiocarbonyl (C=S) groups is 1. The first-order valence-corrected chi connectivity index (χ1v) is 12.1. The van der Waals surface area contributed by atoms with Crippen LogP contribution in [0.2, 0.25) is 0 Å². The van der Waals surface area contributed by atoms with E-state index in [9.17, 15) is 4.79 Å². The summed E-state index contributed by atoms with van der Waals surface area (Å²) in [6.45, 7) is 2.71. The second kappa shape index (κ2) is 10.6. The standard InChI is InChI=1S/C28H27N3O3S/c32-27-23(15-22-16-25-26(17-24(22)30-27)34-14-13-33-25)19-31(18-21-9-5-2-6-10-21)28(35)29-12-11-20-7-3-1-4-8-20/h1-10,15-17H,11-14,18-19H2,(H,29,35)(H,30,32). The van der Waals surface area contributed by atoms with Gasteiger partial charge in [0, 0.05) is 30.1 Å². The van der Waals surface area contributed by atoms with Crippen molar-refractivity contribution in [1.82, 2.24) is 15.2 Å². The highest BCUT2D eigenvalue weighted by atomic mass is 32.1. The van der Waals surface area contributed by atoms with Gasteiger partial charge in [0.25, 0.3) is 5.56 Å². The molecule has 0 aliphatic carbocycles. The number of aromatic amines is 1. The van der Waals surface area contributed by atoms with Crippen molar-refractivity contribution in [2.45, 2.75) is 19.5 Å². The third kappa shape index (κ3) is 5.63. The second-order valence-electron chi connectivity index (χ2n) is 8.52. The molecule has 0 radical (unpaired) electrons. The molecule has 1 aliphatic rings. The first kappa shape index (κ1) is 22.9. The van der Waals surface area contributed by atoms with Crippen molar-refractivity contribution in [1.29, 1.82) is 0 Å². The van der Waals surface area contributed by atoms with Gasteiger partial charge in [-0.2, -0.15) is 0 Å². The van der Waals surface area contributed by atoms with Gasteiger partial charge in [0.1, 0.15) is 13.2 Å². The van der Waals surface area contributed by atoms with Crippen LogP contribution in [0.4, 0.5) is 0 Å². The van der Waals surface area contributed by atoms with E-state index in [1.54, 1.807) is 0 Å². The maximum atomic E-state index is 13.0. The number of rotatable bonds is 7. The molecule has 6 nitrogen and oxygen atoms in total. The largest absolute Gasteiger partial charge is 0.486 e. The number of ether oxygens (including phenoxy) is 2. The molecule has 4 aromatic rings. The van der Waals surface area contributed by atoms with Crippen molar-refractivity contribution in [2.24, 2.45) is 0 Å². The Kier molecular flexibility index (Phi) is 6.95. The van der Waals surface area contributed by atoms with Crippen LogP contribution in [0.1, 0.15) is 16.7 Å². The van der Waals surface area contributed by atoms with Gasteiger partial charge in [-0.25, -0.2) is 0 Å². The molecule has 0 saturated heterocycles. The third-order valence-electron chi connectivity index (χ3n) is 5.98. The molecule has 178 valence electrons. The molecule has 0 unspecified atom stereocenters. The summed E-state index contributed by atoms with van der Waals surface area (Å²) >= 11 is 5.77. The first-order valence-electron chi connectivity index (χ1n) is 11.7. The highest BCUT2D eigenvalue weighted by molar-refractivity contribution is 7.80. The number of nitrogens with zero attached hydrogens (tertiary/aromatic N) is 1. The van der Waals surface area contributed by atoms with Gasteiger partial charge in [0.2, 0.25) is 0 Å². The van der Waals surface area contributed by atoms with E-state index >= 15 is 0 Å². The minimum Gasteiger partial charge on any atom is -0.486 e. The number of hydrogen-bond donors (Lipinski definition) is 2. The summed E-state index contributed by atoms with van der Waals surface area (Å²) < 4.78 is 11.4. The monoisotopic (exact) mass is 485 g/mol. The SMILES string of the molecule is O=c1[nH]c2cc3c(cc2cc1CN(Cc1ccccc1)C(=S)NCCc1ccccc1)OCCO3. The van der Waals surface area contributed by atoms with Crippen LogP contribution < -0.4 is 20.3 Å². The van der Waals surface area contributed by atoms with Crippen LogP contribution in [-0.2, 0) is 19.5 Å². The first-order chi connectivity index (χ1) is 17.2. The van der Waals surface area contributed by atoms with Crippen LogP contribution in [0.25, 0.3) is 10.9 Å². The fourth-order valence-electron chi connectivity index (χ4n) is 4.18. The number of nitrogens with one attached hydrogen (secondary N) is 2. The Labute approximate surface area is 209 Å². The maximum absolute atomic E-state index is 13.0. The zero-order valence-corrected chi connectivity index (χ0v) is 20.1. The Morgan fingerprint density at radius 1 is 0.886 bits per heavy atom. The average Bonchev–Trinajstić information content (AvgIpc) is 2.89. The van der Waals surface area contributed by atoms with Gasteiger partial charge in [0.05, 0.1) is 12.1 Å². The van der Waals surface area contributed by atoms with Crippen LogP contribution in [0.3, 0.4) is 0 Å². The van der Waals surface area contributed by atoms with Crippen molar-refractivity contribution in [3.05, 3.63) is 106 Å². The zero-order valence-electron chi connectivity index (χ0n) is 19.3. The predicted molar refractivity (Wildman–Crippen MR) is 142 cm³/mol. The van der Waals surface area contributed by atoms with Crippen molar-refractivity contribution in [2.75, 3.05) is 19.8 Å². The Morgan fingerprint density at radius 2 is 1.54 bits per heavy atom. The number of fused-ring (bicyclic) bond motifs is 2. The number of hydrogen-bond acceptors (Lipinski definition) is 4. The van der Waals surface area contributed by atoms with Gasteiger partial charge in [-0.3, -0.25) is 4.79 Å². The van der Waals surface area contributed by atoms with E-state index in [1.807, 2.05) is 59.5 Å². The van der Waals surface area contributed by atoms with Gasteiger partial charge in [0.15, 0.2) is 16.6 Å². The molecule has 5 rings (SSSR count). The van der Waals surface area contributed by atoms with E-state index in [0.29, 0.717) is 55.0 Å². The van der Waals surface area contributed by atoms with Gasteiger partial charge in [-0.05, 0) is 41.9 Å². The molecule has 0 bridgehead atoms. The average molecular weight is 486 g/mol. The number of pyridine rings is 1.